The number of hydrogen-bond donors (Lipinski definition) is 0. The molecule has 2 fully saturated rings. The van der Waals surface area contributed by atoms with Crippen LogP contribution in [0.3, 0.4) is 0 Å². The molecule has 0 aliphatic heterocycles. The predicted octanol–water partition coefficient (Wildman–Crippen LogP) is 9.62. The second kappa shape index (κ2) is 11.3. The first-order chi connectivity index (χ1) is 15.3. The van der Waals surface area contributed by atoms with E-state index in [0.29, 0.717) is 0 Å². The van der Waals surface area contributed by atoms with Crippen molar-refractivity contribution in [3.8, 4) is 0 Å². The van der Waals surface area contributed by atoms with Gasteiger partial charge in [-0.2, -0.15) is 0 Å². The van der Waals surface area contributed by atoms with E-state index < -0.39 is 0 Å². The van der Waals surface area contributed by atoms with Crippen molar-refractivity contribution in [2.24, 2.45) is 17.8 Å². The minimum absolute atomic E-state index is 0.789. The van der Waals surface area contributed by atoms with Gasteiger partial charge in [0.05, 0.1) is 0 Å². The highest BCUT2D eigenvalue weighted by Crippen LogP contribution is 2.48. The van der Waals surface area contributed by atoms with Crippen molar-refractivity contribution in [1.29, 1.82) is 0 Å². The van der Waals surface area contributed by atoms with Crippen molar-refractivity contribution in [2.45, 2.75) is 103 Å². The molecular formula is C31H44. The van der Waals surface area contributed by atoms with E-state index in [1.165, 1.54) is 93.4 Å². The van der Waals surface area contributed by atoms with Gasteiger partial charge in [0.15, 0.2) is 0 Å². The number of rotatable bonds is 10. The van der Waals surface area contributed by atoms with Crippen LogP contribution < -0.4 is 0 Å². The Morgan fingerprint density at radius 1 is 0.839 bits per heavy atom. The Morgan fingerprint density at radius 2 is 1.61 bits per heavy atom. The van der Waals surface area contributed by atoms with Gasteiger partial charge in [-0.1, -0.05) is 94.3 Å². The van der Waals surface area contributed by atoms with Crippen LogP contribution in [0.15, 0.2) is 49.1 Å². The Labute approximate surface area is 191 Å². The Bertz CT molecular complexity index is 831. The summed E-state index contributed by atoms with van der Waals surface area (Å²) >= 11 is 0. The van der Waals surface area contributed by atoms with Gasteiger partial charge in [-0.25, -0.2) is 0 Å². The highest BCUT2D eigenvalue weighted by molar-refractivity contribution is 5.84. The smallest absolute Gasteiger partial charge is 0.0159 e. The first-order valence-electron chi connectivity index (χ1n) is 13.4. The van der Waals surface area contributed by atoms with Gasteiger partial charge in [-0.15, -0.1) is 6.58 Å². The van der Waals surface area contributed by atoms with E-state index in [0.717, 1.165) is 36.5 Å². The number of allylic oxidation sites excluding steroid dienone is 1. The minimum Gasteiger partial charge on any atom is -0.103 e. The van der Waals surface area contributed by atoms with E-state index in [9.17, 15) is 0 Å². The van der Waals surface area contributed by atoms with E-state index in [1.807, 2.05) is 6.08 Å². The molecule has 0 bridgehead atoms. The lowest BCUT2D eigenvalue weighted by Crippen LogP contribution is -2.30. The van der Waals surface area contributed by atoms with Gasteiger partial charge in [0.1, 0.15) is 0 Å². The third kappa shape index (κ3) is 6.03. The van der Waals surface area contributed by atoms with Crippen molar-refractivity contribution < 1.29 is 0 Å². The fraction of sp³-hybridized carbons (Fsp3) is 0.613. The maximum absolute atomic E-state index is 3.86. The van der Waals surface area contributed by atoms with E-state index >= 15 is 0 Å². The summed E-state index contributed by atoms with van der Waals surface area (Å²) < 4.78 is 0. The van der Waals surface area contributed by atoms with E-state index in [2.05, 4.69) is 49.9 Å². The molecule has 4 rings (SSSR count). The van der Waals surface area contributed by atoms with Crippen molar-refractivity contribution in [1.82, 2.24) is 0 Å². The highest BCUT2D eigenvalue weighted by atomic mass is 14.4. The Morgan fingerprint density at radius 3 is 2.48 bits per heavy atom. The lowest BCUT2D eigenvalue weighted by atomic mass is 9.63. The molecule has 0 N–H and O–H groups in total. The summed E-state index contributed by atoms with van der Waals surface area (Å²) in [5.41, 5.74) is 3.03. The zero-order valence-corrected chi connectivity index (χ0v) is 20.0. The first kappa shape index (κ1) is 22.6. The standard InChI is InChI=1S/C31H44/c1-3-5-7-8-9-11-25-13-15-29-23-31(19-17-27(29)21-25)30-18-16-26-20-24(10-6-4-2)12-14-28(26)22-30/h4,12,14,16,18,20,22,25,27,29,31H,2-3,5-11,13,15,17,19,21,23H2,1H3. The molecule has 0 nitrogen and oxygen atoms in total. The average Bonchev–Trinajstić information content (AvgIpc) is 2.81. The van der Waals surface area contributed by atoms with Crippen LogP contribution in [-0.2, 0) is 6.42 Å². The zero-order chi connectivity index (χ0) is 21.5. The normalized spacial score (nSPS) is 26.0. The molecule has 0 radical (unpaired) electrons. The molecule has 0 heterocycles. The van der Waals surface area contributed by atoms with Crippen LogP contribution in [0.4, 0.5) is 0 Å². The second-order valence-electron chi connectivity index (χ2n) is 10.7. The summed E-state index contributed by atoms with van der Waals surface area (Å²) in [6.07, 6.45) is 21.8. The maximum atomic E-state index is 3.86. The fourth-order valence-corrected chi connectivity index (χ4v) is 6.58. The topological polar surface area (TPSA) is 0 Å². The number of benzene rings is 2. The van der Waals surface area contributed by atoms with Crippen LogP contribution >= 0.6 is 0 Å². The van der Waals surface area contributed by atoms with Crippen molar-refractivity contribution >= 4 is 10.8 Å². The van der Waals surface area contributed by atoms with Gasteiger partial charge in [0.25, 0.3) is 0 Å². The molecule has 168 valence electrons. The highest BCUT2D eigenvalue weighted by Gasteiger charge is 2.35. The lowest BCUT2D eigenvalue weighted by molar-refractivity contribution is 0.113. The molecule has 0 aromatic heterocycles. The van der Waals surface area contributed by atoms with Gasteiger partial charge in [0, 0.05) is 0 Å². The van der Waals surface area contributed by atoms with Gasteiger partial charge >= 0.3 is 0 Å². The summed E-state index contributed by atoms with van der Waals surface area (Å²) in [7, 11) is 0. The molecule has 31 heavy (non-hydrogen) atoms. The van der Waals surface area contributed by atoms with Crippen LogP contribution in [0.1, 0.15) is 107 Å². The predicted molar refractivity (Wildman–Crippen MR) is 137 cm³/mol. The summed E-state index contributed by atoms with van der Waals surface area (Å²) in [6.45, 7) is 6.17. The van der Waals surface area contributed by atoms with Gasteiger partial charge in [-0.3, -0.25) is 0 Å². The van der Waals surface area contributed by atoms with Crippen molar-refractivity contribution in [3.05, 3.63) is 60.2 Å². The third-order valence-corrected chi connectivity index (χ3v) is 8.47. The number of aryl methyl sites for hydroxylation is 1. The molecule has 2 aliphatic rings. The van der Waals surface area contributed by atoms with Crippen molar-refractivity contribution in [2.75, 3.05) is 0 Å². The van der Waals surface area contributed by atoms with Gasteiger partial charge in [0.2, 0.25) is 0 Å². The zero-order valence-electron chi connectivity index (χ0n) is 20.0. The molecule has 0 amide bonds. The molecule has 2 aliphatic carbocycles. The molecule has 2 saturated carbocycles. The van der Waals surface area contributed by atoms with Gasteiger partial charge in [-0.05, 0) is 90.5 Å². The maximum Gasteiger partial charge on any atom is -0.0159 e. The van der Waals surface area contributed by atoms with Crippen LogP contribution in [0.5, 0.6) is 0 Å². The largest absolute Gasteiger partial charge is 0.103 e. The van der Waals surface area contributed by atoms with E-state index in [4.69, 9.17) is 0 Å². The van der Waals surface area contributed by atoms with Crippen LogP contribution in [0, 0.1) is 17.8 Å². The lowest BCUT2D eigenvalue weighted by Gasteiger charge is -2.42. The molecule has 0 saturated heterocycles. The summed E-state index contributed by atoms with van der Waals surface area (Å²) in [5, 5.41) is 2.83. The van der Waals surface area contributed by atoms with Crippen LogP contribution in [0.2, 0.25) is 0 Å². The molecule has 4 atom stereocenters. The molecule has 2 aromatic carbocycles. The Kier molecular flexibility index (Phi) is 8.28. The van der Waals surface area contributed by atoms with E-state index in [-0.39, 0.29) is 0 Å². The quantitative estimate of drug-likeness (QED) is 0.267. The number of hydrogen-bond acceptors (Lipinski definition) is 0. The Hall–Kier alpha value is -1.56. The number of unbranched alkanes of at least 4 members (excludes halogenated alkanes) is 4. The summed E-state index contributed by atoms with van der Waals surface area (Å²) in [4.78, 5) is 0. The fourth-order valence-electron chi connectivity index (χ4n) is 6.58. The van der Waals surface area contributed by atoms with Gasteiger partial charge < -0.3 is 0 Å². The average molecular weight is 417 g/mol. The molecule has 0 heteroatoms. The summed E-state index contributed by atoms with van der Waals surface area (Å²) in [5.74, 6) is 3.85. The SMILES string of the molecule is C=CCCc1ccc2cc(C3CCC4CC(CCCCCCC)CCC4C3)ccc2c1. The number of fused-ring (bicyclic) bond motifs is 2. The first-order valence-corrected chi connectivity index (χ1v) is 13.4. The minimum atomic E-state index is 0.789. The summed E-state index contributed by atoms with van der Waals surface area (Å²) in [6, 6.07) is 14.4. The molecule has 0 spiro atoms. The van der Waals surface area contributed by atoms with Crippen LogP contribution in [0.25, 0.3) is 10.8 Å². The Balaban J connectivity index is 1.31. The monoisotopic (exact) mass is 416 g/mol. The second-order valence-corrected chi connectivity index (χ2v) is 10.7. The van der Waals surface area contributed by atoms with E-state index in [1.54, 1.807) is 5.56 Å². The van der Waals surface area contributed by atoms with Crippen LogP contribution in [-0.4, -0.2) is 0 Å². The molecule has 2 aromatic rings. The third-order valence-electron chi connectivity index (χ3n) is 8.47. The van der Waals surface area contributed by atoms with Crippen molar-refractivity contribution in [3.63, 3.8) is 0 Å². The molecular weight excluding hydrogens is 372 g/mol. The molecule has 4 unspecified atom stereocenters.